The average Bonchev–Trinajstić information content (AvgIpc) is 2.83. The lowest BCUT2D eigenvalue weighted by Crippen LogP contribution is -2.43. The van der Waals surface area contributed by atoms with Crippen LogP contribution in [-0.4, -0.2) is 39.6 Å². The fourth-order valence-corrected chi connectivity index (χ4v) is 3.90. The second-order valence-electron chi connectivity index (χ2n) is 4.00. The number of carbonyl (C=O) groups excluding carboxylic acids is 1. The molecule has 0 saturated carbocycles. The summed E-state index contributed by atoms with van der Waals surface area (Å²) in [7, 11) is 0. The molecular formula is C12H11Cl2NO3S. The van der Waals surface area contributed by atoms with Gasteiger partial charge in [0.25, 0.3) is 0 Å². The Balaban J connectivity index is 2.37. The maximum Gasteiger partial charge on any atom is 0.327 e. The molecule has 0 aromatic heterocycles. The average molecular weight is 320 g/mol. The fourth-order valence-electron chi connectivity index (χ4n) is 1.99. The molecule has 1 aliphatic heterocycles. The summed E-state index contributed by atoms with van der Waals surface area (Å²) < 4.78 is 0. The van der Waals surface area contributed by atoms with Crippen LogP contribution >= 0.6 is 35.0 Å². The number of hydrogen-bond acceptors (Lipinski definition) is 3. The van der Waals surface area contributed by atoms with Gasteiger partial charge in [-0.05, 0) is 6.07 Å². The van der Waals surface area contributed by atoms with Crippen molar-refractivity contribution in [1.82, 2.24) is 4.90 Å². The molecule has 102 valence electrons. The highest BCUT2D eigenvalue weighted by atomic mass is 35.5. The highest BCUT2D eigenvalue weighted by molar-refractivity contribution is 7.99. The summed E-state index contributed by atoms with van der Waals surface area (Å²) in [4.78, 5) is 24.4. The molecule has 4 nitrogen and oxygen atoms in total. The van der Waals surface area contributed by atoms with Gasteiger partial charge in [0.05, 0.1) is 0 Å². The zero-order chi connectivity index (χ0) is 14.0. The minimum absolute atomic E-state index is 0.245. The molecule has 0 bridgehead atoms. The molecule has 1 fully saturated rings. The van der Waals surface area contributed by atoms with E-state index < -0.39 is 23.3 Å². The highest BCUT2D eigenvalue weighted by Gasteiger charge is 2.42. The van der Waals surface area contributed by atoms with Gasteiger partial charge in [0.15, 0.2) is 0 Å². The third kappa shape index (κ3) is 2.83. The topological polar surface area (TPSA) is 57.6 Å². The number of thioether (sulfide) groups is 1. The number of benzene rings is 1. The van der Waals surface area contributed by atoms with Crippen LogP contribution in [0.25, 0.3) is 0 Å². The summed E-state index contributed by atoms with van der Waals surface area (Å²) in [6, 6.07) is 6.23. The van der Waals surface area contributed by atoms with Crippen molar-refractivity contribution in [1.29, 1.82) is 0 Å². The van der Waals surface area contributed by atoms with Gasteiger partial charge in [0, 0.05) is 16.3 Å². The number of nitrogens with zero attached hydrogens (tertiary/aromatic N) is 1. The molecule has 2 unspecified atom stereocenters. The summed E-state index contributed by atoms with van der Waals surface area (Å²) in [6.07, 6.45) is 0. The quantitative estimate of drug-likeness (QED) is 0.870. The smallest absolute Gasteiger partial charge is 0.327 e. The molecular weight excluding hydrogens is 309 g/mol. The van der Waals surface area contributed by atoms with Crippen molar-refractivity contribution < 1.29 is 14.7 Å². The lowest BCUT2D eigenvalue weighted by Gasteiger charge is -2.27. The van der Waals surface area contributed by atoms with Gasteiger partial charge >= 0.3 is 5.97 Å². The predicted octanol–water partition coefficient (Wildman–Crippen LogP) is 2.61. The molecule has 1 aromatic carbocycles. The van der Waals surface area contributed by atoms with Crippen molar-refractivity contribution in [3.05, 3.63) is 34.9 Å². The first-order valence-electron chi connectivity index (χ1n) is 5.52. The van der Waals surface area contributed by atoms with E-state index in [9.17, 15) is 14.7 Å². The number of aliphatic carboxylic acids is 1. The Morgan fingerprint density at radius 2 is 2.11 bits per heavy atom. The van der Waals surface area contributed by atoms with E-state index in [1.807, 2.05) is 0 Å². The van der Waals surface area contributed by atoms with E-state index in [-0.39, 0.29) is 5.88 Å². The first-order chi connectivity index (χ1) is 9.06. The summed E-state index contributed by atoms with van der Waals surface area (Å²) in [5.41, 5.74) is 0.733. The van der Waals surface area contributed by atoms with Gasteiger partial charge in [0.2, 0.25) is 5.91 Å². The van der Waals surface area contributed by atoms with Crippen LogP contribution in [0.4, 0.5) is 0 Å². The van der Waals surface area contributed by atoms with Crippen LogP contribution in [0.2, 0.25) is 5.02 Å². The molecule has 0 aliphatic carbocycles. The standard InChI is InChI=1S/C12H11Cl2NO3S/c13-5-10(16)15-9(12(17)18)6-19-11(15)7-3-1-2-4-8(7)14/h1-4,9,11H,5-6H2,(H,17,18). The summed E-state index contributed by atoms with van der Waals surface area (Å²) >= 11 is 13.1. The summed E-state index contributed by atoms with van der Waals surface area (Å²) in [5, 5.41) is 9.29. The molecule has 1 aliphatic rings. The molecule has 0 spiro atoms. The van der Waals surface area contributed by atoms with Gasteiger partial charge < -0.3 is 10.0 Å². The molecule has 2 atom stereocenters. The van der Waals surface area contributed by atoms with Gasteiger partial charge in [-0.1, -0.05) is 29.8 Å². The minimum atomic E-state index is -1.03. The van der Waals surface area contributed by atoms with Crippen LogP contribution in [-0.2, 0) is 9.59 Å². The second-order valence-corrected chi connectivity index (χ2v) is 5.78. The van der Waals surface area contributed by atoms with E-state index in [1.54, 1.807) is 24.3 Å². The Labute approximate surface area is 124 Å². The van der Waals surface area contributed by atoms with Gasteiger partial charge in [-0.25, -0.2) is 4.79 Å². The Kier molecular flexibility index (Phi) is 4.60. The number of hydrogen-bond donors (Lipinski definition) is 1. The van der Waals surface area contributed by atoms with Gasteiger partial charge in [-0.15, -0.1) is 23.4 Å². The van der Waals surface area contributed by atoms with Crippen LogP contribution in [0.1, 0.15) is 10.9 Å². The number of alkyl halides is 1. The van der Waals surface area contributed by atoms with E-state index in [0.29, 0.717) is 10.8 Å². The summed E-state index contributed by atoms with van der Waals surface area (Å²) in [5.74, 6) is -1.34. The lowest BCUT2D eigenvalue weighted by molar-refractivity contribution is -0.148. The van der Waals surface area contributed by atoms with Crippen LogP contribution in [0.5, 0.6) is 0 Å². The number of amides is 1. The van der Waals surface area contributed by atoms with Gasteiger partial charge in [0.1, 0.15) is 17.3 Å². The minimum Gasteiger partial charge on any atom is -0.480 e. The Hall–Kier alpha value is -0.910. The zero-order valence-corrected chi connectivity index (χ0v) is 12.1. The lowest BCUT2D eigenvalue weighted by atomic mass is 10.1. The molecule has 7 heteroatoms. The van der Waals surface area contributed by atoms with Gasteiger partial charge in [-0.2, -0.15) is 0 Å². The van der Waals surface area contributed by atoms with E-state index >= 15 is 0 Å². The van der Waals surface area contributed by atoms with Crippen molar-refractivity contribution in [2.24, 2.45) is 0 Å². The van der Waals surface area contributed by atoms with Crippen molar-refractivity contribution in [3.8, 4) is 0 Å². The Morgan fingerprint density at radius 3 is 2.68 bits per heavy atom. The first-order valence-corrected chi connectivity index (χ1v) is 7.48. The molecule has 0 radical (unpaired) electrons. The third-order valence-electron chi connectivity index (χ3n) is 2.86. The number of halogens is 2. The van der Waals surface area contributed by atoms with Crippen molar-refractivity contribution in [3.63, 3.8) is 0 Å². The molecule has 1 heterocycles. The van der Waals surface area contributed by atoms with Crippen LogP contribution in [0, 0.1) is 0 Å². The number of carbonyl (C=O) groups is 2. The van der Waals surface area contributed by atoms with Crippen molar-refractivity contribution in [2.45, 2.75) is 11.4 Å². The van der Waals surface area contributed by atoms with E-state index in [2.05, 4.69) is 0 Å². The van der Waals surface area contributed by atoms with Crippen LogP contribution < -0.4 is 0 Å². The van der Waals surface area contributed by atoms with E-state index in [1.165, 1.54) is 16.7 Å². The van der Waals surface area contributed by atoms with Crippen molar-refractivity contribution >= 4 is 46.8 Å². The van der Waals surface area contributed by atoms with Crippen LogP contribution in [0.15, 0.2) is 24.3 Å². The van der Waals surface area contributed by atoms with Crippen LogP contribution in [0.3, 0.4) is 0 Å². The number of rotatable bonds is 3. The number of carboxylic acids is 1. The van der Waals surface area contributed by atoms with E-state index in [0.717, 1.165) is 5.56 Å². The monoisotopic (exact) mass is 319 g/mol. The Bertz CT molecular complexity index is 512. The molecule has 19 heavy (non-hydrogen) atoms. The maximum atomic E-state index is 11.9. The largest absolute Gasteiger partial charge is 0.480 e. The fraction of sp³-hybridized carbons (Fsp3) is 0.333. The molecule has 1 aromatic rings. The van der Waals surface area contributed by atoms with Gasteiger partial charge in [-0.3, -0.25) is 4.79 Å². The first kappa shape index (κ1) is 14.5. The molecule has 2 rings (SSSR count). The maximum absolute atomic E-state index is 11.9. The summed E-state index contributed by atoms with van der Waals surface area (Å²) in [6.45, 7) is 0. The normalized spacial score (nSPS) is 22.5. The highest BCUT2D eigenvalue weighted by Crippen LogP contribution is 2.43. The molecule has 1 saturated heterocycles. The Morgan fingerprint density at radius 1 is 1.42 bits per heavy atom. The zero-order valence-electron chi connectivity index (χ0n) is 9.75. The van der Waals surface area contributed by atoms with E-state index in [4.69, 9.17) is 23.2 Å². The SMILES string of the molecule is O=C(O)C1CSC(c2ccccc2Cl)N1C(=O)CCl. The molecule has 1 N–H and O–H groups in total. The molecule has 1 amide bonds. The predicted molar refractivity (Wildman–Crippen MR) is 75.6 cm³/mol. The second kappa shape index (κ2) is 6.03. The number of carboxylic acid groups (broad SMARTS) is 1. The third-order valence-corrected chi connectivity index (χ3v) is 4.74. The van der Waals surface area contributed by atoms with Crippen molar-refractivity contribution in [2.75, 3.05) is 11.6 Å².